The van der Waals surface area contributed by atoms with Gasteiger partial charge in [0.15, 0.2) is 5.50 Å². The molecule has 1 saturated heterocycles. The van der Waals surface area contributed by atoms with Crippen molar-refractivity contribution in [3.8, 4) is 0 Å². The first-order valence-electron chi connectivity index (χ1n) is 9.04. The molecule has 0 amide bonds. The number of ether oxygens (including phenoxy) is 2. The van der Waals surface area contributed by atoms with Crippen molar-refractivity contribution in [2.45, 2.75) is 84.3 Å². The zero-order chi connectivity index (χ0) is 19.8. The highest BCUT2D eigenvalue weighted by Gasteiger charge is 2.63. The van der Waals surface area contributed by atoms with Gasteiger partial charge in [0, 0.05) is 0 Å². The first-order chi connectivity index (χ1) is 11.8. The summed E-state index contributed by atoms with van der Waals surface area (Å²) < 4.78 is 23.9. The summed E-state index contributed by atoms with van der Waals surface area (Å²) in [5.41, 5.74) is -2.22. The SMILES string of the molecule is CC(C)(C)OC(=O)C(C)(OCc1ccccc1)B1OC(C)(C)C(C)(C)O1. The van der Waals surface area contributed by atoms with Crippen molar-refractivity contribution in [3.05, 3.63) is 35.9 Å². The lowest BCUT2D eigenvalue weighted by atomic mass is 9.68. The van der Waals surface area contributed by atoms with Crippen LogP contribution in [0.25, 0.3) is 0 Å². The average molecular weight is 362 g/mol. The summed E-state index contributed by atoms with van der Waals surface area (Å²) in [7, 11) is -0.869. The first-order valence-corrected chi connectivity index (χ1v) is 9.04. The van der Waals surface area contributed by atoms with Crippen LogP contribution in [-0.4, -0.2) is 35.4 Å². The van der Waals surface area contributed by atoms with Gasteiger partial charge in [0.1, 0.15) is 5.60 Å². The van der Waals surface area contributed by atoms with Gasteiger partial charge in [-0.2, -0.15) is 0 Å². The topological polar surface area (TPSA) is 54.0 Å². The highest BCUT2D eigenvalue weighted by molar-refractivity contribution is 6.54. The molecule has 1 atom stereocenters. The summed E-state index contributed by atoms with van der Waals surface area (Å²) in [6.07, 6.45) is 0. The van der Waals surface area contributed by atoms with Crippen LogP contribution < -0.4 is 0 Å². The molecule has 1 fully saturated rings. The van der Waals surface area contributed by atoms with E-state index in [2.05, 4.69) is 0 Å². The standard InChI is InChI=1S/C20H31BO5/c1-17(2,3)24-16(22)20(8,23-14-15-12-10-9-11-13-15)21-25-18(4,5)19(6,7)26-21/h9-13H,14H2,1-8H3. The van der Waals surface area contributed by atoms with Gasteiger partial charge in [0.2, 0.25) is 0 Å². The van der Waals surface area contributed by atoms with Gasteiger partial charge in [-0.05, 0) is 61.0 Å². The lowest BCUT2D eigenvalue weighted by molar-refractivity contribution is -0.176. The summed E-state index contributed by atoms with van der Waals surface area (Å²) in [5, 5.41) is 0. The van der Waals surface area contributed by atoms with Crippen molar-refractivity contribution in [1.82, 2.24) is 0 Å². The largest absolute Gasteiger partial charge is 0.504 e. The maximum Gasteiger partial charge on any atom is 0.504 e. The fraction of sp³-hybridized carbons (Fsp3) is 0.650. The number of carbonyl (C=O) groups is 1. The van der Waals surface area contributed by atoms with Crippen molar-refractivity contribution in [3.63, 3.8) is 0 Å². The molecule has 2 rings (SSSR count). The third-order valence-electron chi connectivity index (χ3n) is 4.89. The molecule has 26 heavy (non-hydrogen) atoms. The molecular formula is C20H31BO5. The quantitative estimate of drug-likeness (QED) is 0.587. The predicted octanol–water partition coefficient (Wildman–Crippen LogP) is 3.94. The van der Waals surface area contributed by atoms with Crippen LogP contribution in [0.5, 0.6) is 0 Å². The van der Waals surface area contributed by atoms with Gasteiger partial charge in [0.25, 0.3) is 0 Å². The molecule has 144 valence electrons. The van der Waals surface area contributed by atoms with Crippen LogP contribution >= 0.6 is 0 Å². The Morgan fingerprint density at radius 1 is 1.00 bits per heavy atom. The van der Waals surface area contributed by atoms with E-state index >= 15 is 0 Å². The van der Waals surface area contributed by atoms with E-state index in [0.29, 0.717) is 0 Å². The van der Waals surface area contributed by atoms with E-state index in [0.717, 1.165) is 5.56 Å². The van der Waals surface area contributed by atoms with Gasteiger partial charge >= 0.3 is 13.1 Å². The fourth-order valence-corrected chi connectivity index (χ4v) is 2.48. The molecule has 6 heteroatoms. The predicted molar refractivity (Wildman–Crippen MR) is 102 cm³/mol. The molecule has 5 nitrogen and oxygen atoms in total. The number of hydrogen-bond donors (Lipinski definition) is 0. The van der Waals surface area contributed by atoms with E-state index in [-0.39, 0.29) is 6.61 Å². The molecule has 0 radical (unpaired) electrons. The van der Waals surface area contributed by atoms with Crippen molar-refractivity contribution >= 4 is 13.1 Å². The molecule has 1 aliphatic rings. The van der Waals surface area contributed by atoms with Gasteiger partial charge in [-0.3, -0.25) is 0 Å². The van der Waals surface area contributed by atoms with Crippen LogP contribution in [0.15, 0.2) is 30.3 Å². The maximum atomic E-state index is 13.0. The highest BCUT2D eigenvalue weighted by Crippen LogP contribution is 2.41. The minimum atomic E-state index is -1.39. The van der Waals surface area contributed by atoms with Crippen LogP contribution in [0.4, 0.5) is 0 Å². The maximum absolute atomic E-state index is 13.0. The molecule has 0 saturated carbocycles. The second-order valence-corrected chi connectivity index (χ2v) is 8.97. The van der Waals surface area contributed by atoms with Gasteiger partial charge in [-0.15, -0.1) is 0 Å². The van der Waals surface area contributed by atoms with Crippen LogP contribution in [0.3, 0.4) is 0 Å². The fourth-order valence-electron chi connectivity index (χ4n) is 2.48. The Morgan fingerprint density at radius 2 is 1.50 bits per heavy atom. The van der Waals surface area contributed by atoms with E-state index < -0.39 is 35.4 Å². The summed E-state index contributed by atoms with van der Waals surface area (Å²) in [6, 6.07) is 9.68. The second kappa shape index (κ2) is 6.99. The smallest absolute Gasteiger partial charge is 0.458 e. The van der Waals surface area contributed by atoms with Gasteiger partial charge < -0.3 is 18.8 Å². The molecule has 0 aliphatic carbocycles. The number of benzene rings is 1. The molecule has 1 aliphatic heterocycles. The number of carbonyl (C=O) groups excluding carboxylic acids is 1. The Morgan fingerprint density at radius 3 is 1.96 bits per heavy atom. The zero-order valence-electron chi connectivity index (χ0n) is 17.2. The molecule has 1 unspecified atom stereocenters. The Labute approximate surface area is 157 Å². The molecule has 0 spiro atoms. The molecule has 0 N–H and O–H groups in total. The van der Waals surface area contributed by atoms with E-state index in [1.165, 1.54) is 0 Å². The Hall–Kier alpha value is -1.37. The molecule has 0 aromatic heterocycles. The van der Waals surface area contributed by atoms with Crippen LogP contribution in [0.2, 0.25) is 0 Å². The van der Waals surface area contributed by atoms with Crippen molar-refractivity contribution in [1.29, 1.82) is 0 Å². The molecule has 1 aromatic carbocycles. The Bertz CT molecular complexity index is 619. The van der Waals surface area contributed by atoms with Crippen molar-refractivity contribution < 1.29 is 23.6 Å². The van der Waals surface area contributed by atoms with Crippen molar-refractivity contribution in [2.24, 2.45) is 0 Å². The minimum absolute atomic E-state index is 0.251. The molecule has 1 aromatic rings. The van der Waals surface area contributed by atoms with E-state index in [4.69, 9.17) is 18.8 Å². The number of esters is 1. The first kappa shape index (κ1) is 20.9. The van der Waals surface area contributed by atoms with Crippen LogP contribution in [-0.2, 0) is 30.2 Å². The minimum Gasteiger partial charge on any atom is -0.458 e. The van der Waals surface area contributed by atoms with Gasteiger partial charge in [0.05, 0.1) is 17.8 Å². The van der Waals surface area contributed by atoms with Gasteiger partial charge in [-0.25, -0.2) is 4.79 Å². The van der Waals surface area contributed by atoms with E-state index in [9.17, 15) is 4.79 Å². The van der Waals surface area contributed by atoms with Crippen LogP contribution in [0.1, 0.15) is 61.0 Å². The zero-order valence-corrected chi connectivity index (χ0v) is 17.2. The number of rotatable bonds is 5. The summed E-state index contributed by atoms with van der Waals surface area (Å²) >= 11 is 0. The summed E-state index contributed by atoms with van der Waals surface area (Å²) in [5.74, 6) is -0.501. The third-order valence-corrected chi connectivity index (χ3v) is 4.89. The number of hydrogen-bond acceptors (Lipinski definition) is 5. The van der Waals surface area contributed by atoms with E-state index in [1.54, 1.807) is 6.92 Å². The summed E-state index contributed by atoms with van der Waals surface area (Å²) in [6.45, 7) is 15.2. The lowest BCUT2D eigenvalue weighted by Gasteiger charge is -2.32. The van der Waals surface area contributed by atoms with Crippen molar-refractivity contribution in [2.75, 3.05) is 0 Å². The Balaban J connectivity index is 2.28. The lowest BCUT2D eigenvalue weighted by Crippen LogP contribution is -2.56. The van der Waals surface area contributed by atoms with Gasteiger partial charge in [-0.1, -0.05) is 30.3 Å². The second-order valence-electron chi connectivity index (χ2n) is 8.97. The highest BCUT2D eigenvalue weighted by atomic mass is 16.7. The molecule has 0 bridgehead atoms. The van der Waals surface area contributed by atoms with Crippen LogP contribution in [0, 0.1) is 0 Å². The third kappa shape index (κ3) is 4.48. The molecular weight excluding hydrogens is 331 g/mol. The molecule has 1 heterocycles. The summed E-state index contributed by atoms with van der Waals surface area (Å²) in [4.78, 5) is 13.0. The normalized spacial score (nSPS) is 21.3. The average Bonchev–Trinajstić information content (AvgIpc) is 2.72. The monoisotopic (exact) mass is 362 g/mol. The Kier molecular flexibility index (Phi) is 5.63. The van der Waals surface area contributed by atoms with E-state index in [1.807, 2.05) is 78.8 Å².